The molecule has 0 aromatic heterocycles. The van der Waals surface area contributed by atoms with Crippen LogP contribution in [0.1, 0.15) is 33.1 Å². The molecular formula is C16H23NO4S. The van der Waals surface area contributed by atoms with Gasteiger partial charge in [-0.05, 0) is 30.4 Å². The third-order valence-electron chi connectivity index (χ3n) is 4.84. The van der Waals surface area contributed by atoms with E-state index in [1.807, 2.05) is 0 Å². The Labute approximate surface area is 132 Å². The van der Waals surface area contributed by atoms with E-state index in [9.17, 15) is 8.42 Å². The maximum Gasteiger partial charge on any atom is 0.240 e. The second kappa shape index (κ2) is 6.08. The average molecular weight is 325 g/mol. The van der Waals surface area contributed by atoms with Crippen molar-refractivity contribution in [1.82, 2.24) is 4.72 Å². The van der Waals surface area contributed by atoms with Gasteiger partial charge >= 0.3 is 0 Å². The number of fused-ring (bicyclic) bond motifs is 1. The van der Waals surface area contributed by atoms with Crippen LogP contribution in [0.25, 0.3) is 0 Å². The van der Waals surface area contributed by atoms with Gasteiger partial charge in [-0.1, -0.05) is 26.7 Å². The summed E-state index contributed by atoms with van der Waals surface area (Å²) in [4.78, 5) is 0.238. The van der Waals surface area contributed by atoms with Crippen LogP contribution in [-0.4, -0.2) is 27.7 Å². The van der Waals surface area contributed by atoms with Crippen LogP contribution >= 0.6 is 0 Å². The maximum absolute atomic E-state index is 12.6. The summed E-state index contributed by atoms with van der Waals surface area (Å²) in [5, 5.41) is 0. The summed E-state index contributed by atoms with van der Waals surface area (Å²) in [6.07, 6.45) is 3.14. The number of hydrogen-bond donors (Lipinski definition) is 1. The van der Waals surface area contributed by atoms with E-state index in [-0.39, 0.29) is 10.9 Å². The molecule has 0 amide bonds. The van der Waals surface area contributed by atoms with Crippen molar-refractivity contribution in [2.45, 2.75) is 44.0 Å². The van der Waals surface area contributed by atoms with Crippen molar-refractivity contribution in [1.29, 1.82) is 0 Å². The fourth-order valence-electron chi connectivity index (χ4n) is 3.21. The Kier molecular flexibility index (Phi) is 4.32. The first-order valence-corrected chi connectivity index (χ1v) is 9.37. The van der Waals surface area contributed by atoms with Crippen molar-refractivity contribution in [2.75, 3.05) is 13.2 Å². The molecule has 0 bridgehead atoms. The van der Waals surface area contributed by atoms with Crippen LogP contribution in [0.2, 0.25) is 0 Å². The van der Waals surface area contributed by atoms with Gasteiger partial charge in [0, 0.05) is 12.1 Å². The van der Waals surface area contributed by atoms with Crippen molar-refractivity contribution in [3.8, 4) is 11.5 Å². The molecule has 1 aromatic carbocycles. The Bertz CT molecular complexity index is 644. The fraction of sp³-hybridized carbons (Fsp3) is 0.625. The molecule has 0 spiro atoms. The topological polar surface area (TPSA) is 64.6 Å². The van der Waals surface area contributed by atoms with E-state index < -0.39 is 10.0 Å². The summed E-state index contributed by atoms with van der Waals surface area (Å²) >= 11 is 0. The highest BCUT2D eigenvalue weighted by Crippen LogP contribution is 2.34. The van der Waals surface area contributed by atoms with Crippen LogP contribution in [0, 0.1) is 11.8 Å². The normalized spacial score (nSPS) is 28.4. The number of rotatable bonds is 3. The van der Waals surface area contributed by atoms with Crippen LogP contribution < -0.4 is 14.2 Å². The van der Waals surface area contributed by atoms with Gasteiger partial charge in [-0.2, -0.15) is 0 Å². The predicted octanol–water partition coefficient (Wildman–Crippen LogP) is 2.56. The van der Waals surface area contributed by atoms with Gasteiger partial charge in [0.15, 0.2) is 11.5 Å². The largest absolute Gasteiger partial charge is 0.486 e. The summed E-state index contributed by atoms with van der Waals surface area (Å²) in [7, 11) is -3.54. The second-order valence-electron chi connectivity index (χ2n) is 6.30. The minimum absolute atomic E-state index is 0.00181. The molecule has 2 aliphatic rings. The number of ether oxygens (including phenoxy) is 2. The van der Waals surface area contributed by atoms with Crippen molar-refractivity contribution in [2.24, 2.45) is 11.8 Å². The zero-order valence-electron chi connectivity index (χ0n) is 13.0. The number of hydrogen-bond acceptors (Lipinski definition) is 4. The Balaban J connectivity index is 1.80. The minimum Gasteiger partial charge on any atom is -0.486 e. The van der Waals surface area contributed by atoms with Gasteiger partial charge in [0.05, 0.1) is 4.90 Å². The minimum atomic E-state index is -3.54. The van der Waals surface area contributed by atoms with E-state index in [1.165, 1.54) is 6.42 Å². The molecule has 5 nitrogen and oxygen atoms in total. The molecule has 1 aliphatic carbocycles. The van der Waals surface area contributed by atoms with Gasteiger partial charge in [0.1, 0.15) is 13.2 Å². The standard InChI is InChI=1S/C16H23NO4S/c1-11-4-3-5-14(12(11)2)17-22(18,19)13-6-7-15-16(10-13)21-9-8-20-15/h6-7,10-12,14,17H,3-5,8-9H2,1-2H3/t11-,12+,14+/m1/s1. The predicted molar refractivity (Wildman–Crippen MR) is 83.7 cm³/mol. The van der Waals surface area contributed by atoms with Gasteiger partial charge in [-0.3, -0.25) is 0 Å². The van der Waals surface area contributed by atoms with E-state index in [1.54, 1.807) is 18.2 Å². The average Bonchev–Trinajstić information content (AvgIpc) is 2.51. The summed E-state index contributed by atoms with van der Waals surface area (Å²) in [6.45, 7) is 5.26. The highest BCUT2D eigenvalue weighted by Gasteiger charge is 2.31. The highest BCUT2D eigenvalue weighted by atomic mass is 32.2. The summed E-state index contributed by atoms with van der Waals surface area (Å²) in [5.74, 6) is 1.99. The molecule has 3 rings (SSSR count). The van der Waals surface area contributed by atoms with E-state index in [0.717, 1.165) is 12.8 Å². The molecule has 0 saturated heterocycles. The molecule has 1 aliphatic heterocycles. The lowest BCUT2D eigenvalue weighted by molar-refractivity contribution is 0.171. The number of nitrogens with one attached hydrogen (secondary N) is 1. The fourth-order valence-corrected chi connectivity index (χ4v) is 4.58. The lowest BCUT2D eigenvalue weighted by Crippen LogP contribution is -2.43. The van der Waals surface area contributed by atoms with Crippen LogP contribution in [0.5, 0.6) is 11.5 Å². The lowest BCUT2D eigenvalue weighted by atomic mass is 9.78. The maximum atomic E-state index is 12.6. The molecule has 22 heavy (non-hydrogen) atoms. The monoisotopic (exact) mass is 325 g/mol. The lowest BCUT2D eigenvalue weighted by Gasteiger charge is -2.34. The van der Waals surface area contributed by atoms with Crippen LogP contribution in [0.3, 0.4) is 0 Å². The first-order chi connectivity index (χ1) is 10.5. The Hall–Kier alpha value is -1.27. The zero-order chi connectivity index (χ0) is 15.7. The summed E-state index contributed by atoms with van der Waals surface area (Å²) < 4.78 is 39.0. The van der Waals surface area contributed by atoms with Gasteiger partial charge in [-0.25, -0.2) is 13.1 Å². The number of sulfonamides is 1. The Morgan fingerprint density at radius 2 is 1.82 bits per heavy atom. The Morgan fingerprint density at radius 3 is 2.59 bits per heavy atom. The number of benzene rings is 1. The third-order valence-corrected chi connectivity index (χ3v) is 6.32. The molecule has 1 heterocycles. The zero-order valence-corrected chi connectivity index (χ0v) is 13.9. The van der Waals surface area contributed by atoms with E-state index >= 15 is 0 Å². The van der Waals surface area contributed by atoms with Crippen LogP contribution in [0.4, 0.5) is 0 Å². The molecule has 1 aromatic rings. The Morgan fingerprint density at radius 1 is 1.09 bits per heavy atom. The molecule has 1 saturated carbocycles. The molecule has 0 radical (unpaired) electrons. The van der Waals surface area contributed by atoms with Crippen molar-refractivity contribution in [3.05, 3.63) is 18.2 Å². The molecule has 1 N–H and O–H groups in total. The van der Waals surface area contributed by atoms with Crippen molar-refractivity contribution < 1.29 is 17.9 Å². The molecule has 3 atom stereocenters. The molecular weight excluding hydrogens is 302 g/mol. The quantitative estimate of drug-likeness (QED) is 0.927. The SMILES string of the molecule is C[C@H]1[C@H](C)CCC[C@@H]1NS(=O)(=O)c1ccc2c(c1)OCCO2. The third kappa shape index (κ3) is 3.08. The summed E-state index contributed by atoms with van der Waals surface area (Å²) in [5.41, 5.74) is 0. The molecule has 1 fully saturated rings. The second-order valence-corrected chi connectivity index (χ2v) is 8.01. The van der Waals surface area contributed by atoms with Crippen molar-refractivity contribution in [3.63, 3.8) is 0 Å². The molecule has 122 valence electrons. The van der Waals surface area contributed by atoms with E-state index in [0.29, 0.717) is 36.5 Å². The van der Waals surface area contributed by atoms with E-state index in [4.69, 9.17) is 9.47 Å². The molecule has 0 unspecified atom stereocenters. The van der Waals surface area contributed by atoms with Gasteiger partial charge < -0.3 is 9.47 Å². The van der Waals surface area contributed by atoms with E-state index in [2.05, 4.69) is 18.6 Å². The highest BCUT2D eigenvalue weighted by molar-refractivity contribution is 7.89. The first-order valence-electron chi connectivity index (χ1n) is 7.89. The first kappa shape index (κ1) is 15.6. The van der Waals surface area contributed by atoms with Crippen LogP contribution in [0.15, 0.2) is 23.1 Å². The molecule has 6 heteroatoms. The van der Waals surface area contributed by atoms with Gasteiger partial charge in [0.25, 0.3) is 0 Å². The van der Waals surface area contributed by atoms with Gasteiger partial charge in [0.2, 0.25) is 10.0 Å². The van der Waals surface area contributed by atoms with Crippen LogP contribution in [-0.2, 0) is 10.0 Å². The summed E-state index contributed by atoms with van der Waals surface area (Å²) in [6, 6.07) is 4.79. The van der Waals surface area contributed by atoms with Crippen molar-refractivity contribution >= 4 is 10.0 Å². The van der Waals surface area contributed by atoms with Gasteiger partial charge in [-0.15, -0.1) is 0 Å². The smallest absolute Gasteiger partial charge is 0.240 e.